The number of carbonyl (C=O) groups excluding carboxylic acids is 1. The first kappa shape index (κ1) is 16.8. The number of benzene rings is 1. The Morgan fingerprint density at radius 1 is 1.33 bits per heavy atom. The third kappa shape index (κ3) is 3.55. The van der Waals surface area contributed by atoms with Crippen LogP contribution in [0.25, 0.3) is 0 Å². The van der Waals surface area contributed by atoms with E-state index in [1.165, 1.54) is 24.6 Å². The molecular weight excluding hydrogens is 425 g/mol. The number of halogens is 1. The zero-order valence-corrected chi connectivity index (χ0v) is 15.0. The molecule has 24 heavy (non-hydrogen) atoms. The molecule has 2 aromatic rings. The summed E-state index contributed by atoms with van der Waals surface area (Å²) < 4.78 is 2.62. The molecule has 0 bridgehead atoms. The molecule has 0 fully saturated rings. The van der Waals surface area contributed by atoms with Gasteiger partial charge in [-0.05, 0) is 41.5 Å². The number of rotatable bonds is 4. The number of aryl methyl sites for hydroxylation is 1. The van der Waals surface area contributed by atoms with E-state index in [1.807, 2.05) is 22.6 Å². The van der Waals surface area contributed by atoms with Gasteiger partial charge in [-0.1, -0.05) is 6.42 Å². The molecule has 0 saturated carbocycles. The molecule has 0 atom stereocenters. The Balaban J connectivity index is 1.70. The number of nitro groups is 1. The number of carbonyl (C=O) groups is 1. The molecule has 1 aromatic heterocycles. The average Bonchev–Trinajstić information content (AvgIpc) is 2.79. The van der Waals surface area contributed by atoms with Crippen molar-refractivity contribution < 1.29 is 9.72 Å². The minimum Gasteiger partial charge on any atom is -0.345 e. The zero-order chi connectivity index (χ0) is 17.1. The Morgan fingerprint density at radius 3 is 2.92 bits per heavy atom. The van der Waals surface area contributed by atoms with Gasteiger partial charge in [0, 0.05) is 28.7 Å². The van der Waals surface area contributed by atoms with Crippen LogP contribution in [0.2, 0.25) is 0 Å². The van der Waals surface area contributed by atoms with Crippen molar-refractivity contribution in [1.82, 2.24) is 20.1 Å². The van der Waals surface area contributed by atoms with Gasteiger partial charge in [-0.25, -0.2) is 0 Å². The number of hydrogen-bond acceptors (Lipinski definition) is 5. The van der Waals surface area contributed by atoms with Gasteiger partial charge in [-0.15, -0.1) is 10.2 Å². The van der Waals surface area contributed by atoms with Crippen LogP contribution >= 0.6 is 22.6 Å². The molecule has 2 heterocycles. The molecule has 3 rings (SSSR count). The average molecular weight is 441 g/mol. The molecule has 1 amide bonds. The van der Waals surface area contributed by atoms with Crippen LogP contribution in [0.3, 0.4) is 0 Å². The van der Waals surface area contributed by atoms with Gasteiger partial charge in [0.1, 0.15) is 5.82 Å². The minimum absolute atomic E-state index is 0.0290. The Bertz CT molecular complexity index is 789. The topological polar surface area (TPSA) is 103 Å². The molecule has 0 radical (unpaired) electrons. The fourth-order valence-electron chi connectivity index (χ4n) is 2.73. The van der Waals surface area contributed by atoms with Crippen LogP contribution in [0, 0.1) is 13.7 Å². The van der Waals surface area contributed by atoms with Gasteiger partial charge in [0.05, 0.1) is 17.0 Å². The van der Waals surface area contributed by atoms with Crippen LogP contribution in [-0.4, -0.2) is 25.6 Å². The number of amides is 1. The first-order chi connectivity index (χ1) is 11.6. The highest BCUT2D eigenvalue weighted by molar-refractivity contribution is 14.1. The molecule has 0 spiro atoms. The maximum absolute atomic E-state index is 12.3. The van der Waals surface area contributed by atoms with Crippen LogP contribution in [0.5, 0.6) is 0 Å². The maximum Gasteiger partial charge on any atom is 0.270 e. The fourth-order valence-corrected chi connectivity index (χ4v) is 3.48. The van der Waals surface area contributed by atoms with Crippen molar-refractivity contribution in [1.29, 1.82) is 0 Å². The largest absolute Gasteiger partial charge is 0.345 e. The molecular formula is C15H16IN5O3. The standard InChI is InChI=1S/C15H16IN5O3/c16-12-8-10(21(23)24)5-6-11(12)15(22)17-9-14-19-18-13-4-2-1-3-7-20(13)14/h5-6,8H,1-4,7,9H2,(H,17,22). The van der Waals surface area contributed by atoms with Crippen molar-refractivity contribution in [3.63, 3.8) is 0 Å². The SMILES string of the molecule is O=C(NCc1nnc2n1CCCCC2)c1ccc([N+](=O)[O-])cc1I. The molecule has 8 nitrogen and oxygen atoms in total. The van der Waals surface area contributed by atoms with Crippen LogP contribution < -0.4 is 5.32 Å². The highest BCUT2D eigenvalue weighted by atomic mass is 127. The highest BCUT2D eigenvalue weighted by Crippen LogP contribution is 2.20. The van der Waals surface area contributed by atoms with E-state index in [2.05, 4.69) is 20.1 Å². The Morgan fingerprint density at radius 2 is 2.17 bits per heavy atom. The predicted octanol–water partition coefficient (Wildman–Crippen LogP) is 2.45. The summed E-state index contributed by atoms with van der Waals surface area (Å²) in [5.74, 6) is 1.44. The second-order valence-corrected chi connectivity index (χ2v) is 6.76. The van der Waals surface area contributed by atoms with Crippen molar-refractivity contribution in [2.45, 2.75) is 38.8 Å². The minimum atomic E-state index is -0.477. The van der Waals surface area contributed by atoms with E-state index in [0.717, 1.165) is 37.5 Å². The maximum atomic E-state index is 12.3. The van der Waals surface area contributed by atoms with Gasteiger partial charge in [-0.3, -0.25) is 14.9 Å². The van der Waals surface area contributed by atoms with E-state index in [0.29, 0.717) is 15.7 Å². The Hall–Kier alpha value is -2.04. The number of hydrogen-bond donors (Lipinski definition) is 1. The lowest BCUT2D eigenvalue weighted by molar-refractivity contribution is -0.384. The number of fused-ring (bicyclic) bond motifs is 1. The molecule has 1 aromatic carbocycles. The third-order valence-electron chi connectivity index (χ3n) is 4.00. The van der Waals surface area contributed by atoms with E-state index >= 15 is 0 Å². The smallest absolute Gasteiger partial charge is 0.270 e. The van der Waals surface area contributed by atoms with E-state index in [9.17, 15) is 14.9 Å². The Labute approximate surface area is 151 Å². The predicted molar refractivity (Wildman–Crippen MR) is 94.6 cm³/mol. The van der Waals surface area contributed by atoms with Crippen LogP contribution in [-0.2, 0) is 19.5 Å². The van der Waals surface area contributed by atoms with Crippen molar-refractivity contribution in [3.8, 4) is 0 Å². The number of nitrogens with one attached hydrogen (secondary N) is 1. The lowest BCUT2D eigenvalue weighted by atomic mass is 10.2. The van der Waals surface area contributed by atoms with Crippen LogP contribution in [0.4, 0.5) is 5.69 Å². The van der Waals surface area contributed by atoms with Gasteiger partial charge in [0.15, 0.2) is 5.82 Å². The van der Waals surface area contributed by atoms with Crippen LogP contribution in [0.15, 0.2) is 18.2 Å². The normalized spacial score (nSPS) is 13.9. The van der Waals surface area contributed by atoms with Gasteiger partial charge in [0.25, 0.3) is 11.6 Å². The van der Waals surface area contributed by atoms with Gasteiger partial charge in [-0.2, -0.15) is 0 Å². The summed E-state index contributed by atoms with van der Waals surface area (Å²) in [6.45, 7) is 1.17. The Kier molecular flexibility index (Phi) is 5.07. The van der Waals surface area contributed by atoms with Crippen molar-refractivity contribution in [2.75, 3.05) is 0 Å². The summed E-state index contributed by atoms with van der Waals surface area (Å²) >= 11 is 1.93. The number of non-ortho nitro benzene ring substituents is 1. The fraction of sp³-hybridized carbons (Fsp3) is 0.400. The molecule has 1 N–H and O–H groups in total. The van der Waals surface area contributed by atoms with Gasteiger partial charge >= 0.3 is 0 Å². The van der Waals surface area contributed by atoms with E-state index in [-0.39, 0.29) is 11.6 Å². The lowest BCUT2D eigenvalue weighted by Gasteiger charge is -2.09. The molecule has 0 unspecified atom stereocenters. The molecule has 0 aliphatic carbocycles. The number of aromatic nitrogens is 3. The number of nitro benzene ring substituents is 1. The molecule has 1 aliphatic heterocycles. The van der Waals surface area contributed by atoms with Gasteiger partial charge < -0.3 is 9.88 Å². The summed E-state index contributed by atoms with van der Waals surface area (Å²) in [5, 5.41) is 22.0. The zero-order valence-electron chi connectivity index (χ0n) is 12.9. The summed E-state index contributed by atoms with van der Waals surface area (Å²) in [5.41, 5.74) is 0.385. The van der Waals surface area contributed by atoms with Crippen LogP contribution in [0.1, 0.15) is 41.3 Å². The summed E-state index contributed by atoms with van der Waals surface area (Å²) in [4.78, 5) is 22.6. The second-order valence-electron chi connectivity index (χ2n) is 5.60. The van der Waals surface area contributed by atoms with E-state index < -0.39 is 4.92 Å². The van der Waals surface area contributed by atoms with Crippen molar-refractivity contribution in [3.05, 3.63) is 49.1 Å². The van der Waals surface area contributed by atoms with Crippen molar-refractivity contribution in [2.24, 2.45) is 0 Å². The van der Waals surface area contributed by atoms with Gasteiger partial charge in [0.2, 0.25) is 0 Å². The second kappa shape index (κ2) is 7.24. The summed E-state index contributed by atoms with van der Waals surface area (Å²) in [6.07, 6.45) is 4.30. The molecule has 0 saturated heterocycles. The monoisotopic (exact) mass is 441 g/mol. The highest BCUT2D eigenvalue weighted by Gasteiger charge is 2.17. The van der Waals surface area contributed by atoms with E-state index in [1.54, 1.807) is 0 Å². The number of nitrogens with zero attached hydrogens (tertiary/aromatic N) is 4. The van der Waals surface area contributed by atoms with E-state index in [4.69, 9.17) is 0 Å². The van der Waals surface area contributed by atoms with Crippen molar-refractivity contribution >= 4 is 34.2 Å². The summed E-state index contributed by atoms with van der Waals surface area (Å²) in [6, 6.07) is 4.19. The molecule has 9 heteroatoms. The summed E-state index contributed by atoms with van der Waals surface area (Å²) in [7, 11) is 0. The third-order valence-corrected chi connectivity index (χ3v) is 4.89. The molecule has 126 valence electrons. The molecule has 1 aliphatic rings. The quantitative estimate of drug-likeness (QED) is 0.446. The first-order valence-electron chi connectivity index (χ1n) is 7.69. The first-order valence-corrected chi connectivity index (χ1v) is 8.77. The lowest BCUT2D eigenvalue weighted by Crippen LogP contribution is -2.25.